The van der Waals surface area contributed by atoms with Crippen molar-refractivity contribution in [2.45, 2.75) is 0 Å². The number of nitrogens with zero attached hydrogens (tertiary/aromatic N) is 1. The van der Waals surface area contributed by atoms with Gasteiger partial charge in [-0.05, 0) is 30.3 Å². The van der Waals surface area contributed by atoms with Crippen molar-refractivity contribution in [3.05, 3.63) is 47.5 Å². The minimum absolute atomic E-state index is 0.727. The molecule has 2 aromatic heterocycles. The van der Waals surface area contributed by atoms with E-state index in [1.807, 2.05) is 36.4 Å². The first-order valence-corrected chi connectivity index (χ1v) is 6.69. The summed E-state index contributed by atoms with van der Waals surface area (Å²) >= 11 is 6.32. The van der Waals surface area contributed by atoms with E-state index in [2.05, 4.69) is 16.0 Å². The van der Waals surface area contributed by atoms with E-state index in [0.717, 1.165) is 43.6 Å². The third-order valence-corrected chi connectivity index (χ3v) is 3.89. The molecule has 3 nitrogen and oxygen atoms in total. The van der Waals surface area contributed by atoms with Gasteiger partial charge in [0.1, 0.15) is 11.4 Å². The van der Waals surface area contributed by atoms with E-state index < -0.39 is 0 Å². The Morgan fingerprint density at radius 3 is 2.80 bits per heavy atom. The van der Waals surface area contributed by atoms with Crippen molar-refractivity contribution in [1.29, 1.82) is 0 Å². The molecule has 0 spiro atoms. The van der Waals surface area contributed by atoms with E-state index in [1.54, 1.807) is 7.11 Å². The van der Waals surface area contributed by atoms with Crippen LogP contribution in [0.5, 0.6) is 5.75 Å². The molecular weight excluding hydrogens is 272 g/mol. The van der Waals surface area contributed by atoms with E-state index in [1.165, 1.54) is 0 Å². The fourth-order valence-electron chi connectivity index (χ4n) is 2.66. The summed E-state index contributed by atoms with van der Waals surface area (Å²) in [7, 11) is 1.67. The third-order valence-electron chi connectivity index (χ3n) is 3.58. The fraction of sp³-hybridized carbons (Fsp3) is 0.0625. The SMILES string of the molecule is COc1cccc2nc3[nH]c4cccc(Cl)c4c3cc12. The van der Waals surface area contributed by atoms with Crippen LogP contribution < -0.4 is 4.74 Å². The Labute approximate surface area is 120 Å². The largest absolute Gasteiger partial charge is 0.496 e. The van der Waals surface area contributed by atoms with Gasteiger partial charge in [0.15, 0.2) is 0 Å². The highest BCUT2D eigenvalue weighted by molar-refractivity contribution is 6.38. The second kappa shape index (κ2) is 4.12. The molecule has 98 valence electrons. The summed E-state index contributed by atoms with van der Waals surface area (Å²) in [6.07, 6.45) is 0. The molecule has 0 unspecified atom stereocenters. The van der Waals surface area contributed by atoms with Gasteiger partial charge >= 0.3 is 0 Å². The Morgan fingerprint density at radius 2 is 1.95 bits per heavy atom. The molecule has 0 radical (unpaired) electrons. The van der Waals surface area contributed by atoms with Crippen molar-refractivity contribution >= 4 is 44.4 Å². The highest BCUT2D eigenvalue weighted by Gasteiger charge is 2.11. The number of aromatic amines is 1. The zero-order chi connectivity index (χ0) is 13.7. The maximum atomic E-state index is 6.32. The van der Waals surface area contributed by atoms with Crippen molar-refractivity contribution in [2.24, 2.45) is 0 Å². The van der Waals surface area contributed by atoms with Gasteiger partial charge in [-0.25, -0.2) is 4.98 Å². The molecule has 1 N–H and O–H groups in total. The molecule has 20 heavy (non-hydrogen) atoms. The molecule has 2 heterocycles. The molecule has 0 aliphatic heterocycles. The second-order valence-electron chi connectivity index (χ2n) is 4.70. The summed E-state index contributed by atoms with van der Waals surface area (Å²) in [5, 5.41) is 3.74. The lowest BCUT2D eigenvalue weighted by atomic mass is 10.1. The van der Waals surface area contributed by atoms with Gasteiger partial charge in [-0.3, -0.25) is 0 Å². The Balaban J connectivity index is 2.24. The average Bonchev–Trinajstić information content (AvgIpc) is 2.82. The summed E-state index contributed by atoms with van der Waals surface area (Å²) in [5.74, 6) is 0.818. The number of H-pyrrole nitrogens is 1. The van der Waals surface area contributed by atoms with Crippen LogP contribution in [0.2, 0.25) is 5.02 Å². The Bertz CT molecular complexity index is 959. The van der Waals surface area contributed by atoms with Gasteiger partial charge < -0.3 is 9.72 Å². The van der Waals surface area contributed by atoms with Gasteiger partial charge in [-0.2, -0.15) is 0 Å². The molecule has 4 rings (SSSR count). The number of rotatable bonds is 1. The van der Waals surface area contributed by atoms with Crippen molar-refractivity contribution in [1.82, 2.24) is 9.97 Å². The van der Waals surface area contributed by atoms with Crippen molar-refractivity contribution in [3.63, 3.8) is 0 Å². The highest BCUT2D eigenvalue weighted by Crippen LogP contribution is 2.34. The third kappa shape index (κ3) is 1.50. The predicted octanol–water partition coefficient (Wildman–Crippen LogP) is 4.53. The Morgan fingerprint density at radius 1 is 1.10 bits per heavy atom. The number of methoxy groups -OCH3 is 1. The number of hydrogen-bond donors (Lipinski definition) is 1. The molecule has 0 fully saturated rings. The van der Waals surface area contributed by atoms with Gasteiger partial charge in [0.05, 0.1) is 17.6 Å². The molecule has 0 aliphatic rings. The zero-order valence-corrected chi connectivity index (χ0v) is 11.5. The van der Waals surface area contributed by atoms with Gasteiger partial charge in [-0.15, -0.1) is 0 Å². The Kier molecular flexibility index (Phi) is 2.38. The van der Waals surface area contributed by atoms with E-state index in [0.29, 0.717) is 0 Å². The highest BCUT2D eigenvalue weighted by atomic mass is 35.5. The molecule has 0 aliphatic carbocycles. The van der Waals surface area contributed by atoms with Gasteiger partial charge in [-0.1, -0.05) is 23.7 Å². The minimum Gasteiger partial charge on any atom is -0.496 e. The number of fused-ring (bicyclic) bond motifs is 4. The topological polar surface area (TPSA) is 37.9 Å². The van der Waals surface area contributed by atoms with Crippen LogP contribution in [-0.2, 0) is 0 Å². The molecule has 0 saturated carbocycles. The van der Waals surface area contributed by atoms with Crippen LogP contribution in [-0.4, -0.2) is 17.1 Å². The second-order valence-corrected chi connectivity index (χ2v) is 5.11. The number of hydrogen-bond acceptors (Lipinski definition) is 2. The summed E-state index contributed by atoms with van der Waals surface area (Å²) in [6, 6.07) is 13.8. The lowest BCUT2D eigenvalue weighted by Gasteiger charge is -2.04. The lowest BCUT2D eigenvalue weighted by molar-refractivity contribution is 0.420. The number of ether oxygens (including phenoxy) is 1. The number of halogens is 1. The summed E-state index contributed by atoms with van der Waals surface area (Å²) in [5.41, 5.74) is 2.74. The lowest BCUT2D eigenvalue weighted by Crippen LogP contribution is -1.87. The first-order valence-electron chi connectivity index (χ1n) is 6.31. The molecular formula is C16H11ClN2O. The monoisotopic (exact) mass is 282 g/mol. The van der Waals surface area contributed by atoms with Gasteiger partial charge in [0, 0.05) is 21.7 Å². The number of nitrogens with one attached hydrogen (secondary N) is 1. The predicted molar refractivity (Wildman–Crippen MR) is 82.7 cm³/mol. The zero-order valence-electron chi connectivity index (χ0n) is 10.8. The fourth-order valence-corrected chi connectivity index (χ4v) is 2.94. The van der Waals surface area contributed by atoms with E-state index in [-0.39, 0.29) is 0 Å². The number of aromatic nitrogens is 2. The van der Waals surface area contributed by atoms with E-state index in [9.17, 15) is 0 Å². The quantitative estimate of drug-likeness (QED) is 0.557. The van der Waals surface area contributed by atoms with Crippen LogP contribution in [0.25, 0.3) is 32.8 Å². The summed E-state index contributed by atoms with van der Waals surface area (Å²) < 4.78 is 5.41. The molecule has 4 aromatic rings. The van der Waals surface area contributed by atoms with Crippen molar-refractivity contribution in [3.8, 4) is 5.75 Å². The first kappa shape index (κ1) is 11.6. The Hall–Kier alpha value is -2.26. The van der Waals surface area contributed by atoms with E-state index in [4.69, 9.17) is 16.3 Å². The first-order chi connectivity index (χ1) is 9.78. The smallest absolute Gasteiger partial charge is 0.139 e. The van der Waals surface area contributed by atoms with Crippen LogP contribution in [0.15, 0.2) is 42.5 Å². The summed E-state index contributed by atoms with van der Waals surface area (Å²) in [6.45, 7) is 0. The van der Waals surface area contributed by atoms with Crippen LogP contribution in [0.3, 0.4) is 0 Å². The van der Waals surface area contributed by atoms with Crippen LogP contribution in [0.4, 0.5) is 0 Å². The molecule has 2 aromatic carbocycles. The normalized spacial score (nSPS) is 11.5. The molecule has 4 heteroatoms. The standard InChI is InChI=1S/C16H11ClN2O/c1-20-14-7-3-5-12-9(14)8-10-15-11(17)4-2-6-13(15)19-16(10)18-12/h2-8H,1H3,(H,18,19). The maximum Gasteiger partial charge on any atom is 0.139 e. The molecule has 0 saturated heterocycles. The van der Waals surface area contributed by atoms with Crippen LogP contribution in [0.1, 0.15) is 0 Å². The molecule has 0 atom stereocenters. The van der Waals surface area contributed by atoms with Gasteiger partial charge in [0.2, 0.25) is 0 Å². The number of pyridine rings is 1. The van der Waals surface area contributed by atoms with E-state index >= 15 is 0 Å². The maximum absolute atomic E-state index is 6.32. The van der Waals surface area contributed by atoms with Crippen LogP contribution >= 0.6 is 11.6 Å². The van der Waals surface area contributed by atoms with Crippen molar-refractivity contribution in [2.75, 3.05) is 7.11 Å². The van der Waals surface area contributed by atoms with Crippen LogP contribution in [0, 0.1) is 0 Å². The minimum atomic E-state index is 0.727. The molecule has 0 amide bonds. The molecule has 0 bridgehead atoms. The average molecular weight is 283 g/mol. The van der Waals surface area contributed by atoms with Gasteiger partial charge in [0.25, 0.3) is 0 Å². The summed E-state index contributed by atoms with van der Waals surface area (Å²) in [4.78, 5) is 7.98. The van der Waals surface area contributed by atoms with Crippen molar-refractivity contribution < 1.29 is 4.74 Å². The number of benzene rings is 2.